The minimum atomic E-state index is -3.35. The Morgan fingerprint density at radius 1 is 0.708 bits per heavy atom. The van der Waals surface area contributed by atoms with Crippen LogP contribution in [0.1, 0.15) is 60.8 Å². The van der Waals surface area contributed by atoms with Gasteiger partial charge in [-0.15, -0.1) is 0 Å². The summed E-state index contributed by atoms with van der Waals surface area (Å²) in [4.78, 5) is 0.465. The molecule has 126 valence electrons. The lowest BCUT2D eigenvalue weighted by Crippen LogP contribution is -2.22. The van der Waals surface area contributed by atoms with Crippen molar-refractivity contribution in [3.05, 3.63) is 65.7 Å². The summed E-state index contributed by atoms with van der Waals surface area (Å²) < 4.78 is 26.9. The molecule has 0 spiro atoms. The second-order valence-electron chi connectivity index (χ2n) is 7.17. The van der Waals surface area contributed by atoms with Crippen molar-refractivity contribution in [2.45, 2.75) is 54.6 Å². The van der Waals surface area contributed by atoms with Gasteiger partial charge in [-0.05, 0) is 47.9 Å². The Morgan fingerprint density at radius 2 is 1.33 bits per heavy atom. The molecule has 1 fully saturated rings. The van der Waals surface area contributed by atoms with E-state index in [1.165, 1.54) is 24.8 Å². The number of sulfone groups is 1. The van der Waals surface area contributed by atoms with Crippen LogP contribution in [-0.2, 0) is 9.84 Å². The summed E-state index contributed by atoms with van der Waals surface area (Å²) in [5, 5.41) is -0.376. The first-order chi connectivity index (χ1) is 11.7. The van der Waals surface area contributed by atoms with Gasteiger partial charge >= 0.3 is 0 Å². The predicted molar refractivity (Wildman–Crippen MR) is 96.7 cm³/mol. The molecule has 1 saturated carbocycles. The van der Waals surface area contributed by atoms with E-state index in [0.29, 0.717) is 10.8 Å². The molecule has 2 aromatic rings. The molecular formula is C21H24O2S. The van der Waals surface area contributed by atoms with Crippen molar-refractivity contribution >= 4 is 9.84 Å². The van der Waals surface area contributed by atoms with E-state index >= 15 is 0 Å². The number of hydrogen-bond acceptors (Lipinski definition) is 2. The average Bonchev–Trinajstić information content (AvgIpc) is 2.89. The van der Waals surface area contributed by atoms with Crippen LogP contribution < -0.4 is 0 Å². The summed E-state index contributed by atoms with van der Waals surface area (Å²) in [6.45, 7) is 0. The van der Waals surface area contributed by atoms with Crippen molar-refractivity contribution in [2.75, 3.05) is 0 Å². The van der Waals surface area contributed by atoms with Crippen LogP contribution in [0.15, 0.2) is 59.5 Å². The quantitative estimate of drug-likeness (QED) is 0.746. The standard InChI is InChI=1S/C21H24O2S/c22-24(23,16-10-4-3-5-11-16)21-19-14-7-2-1-6-12-17(19)18-13-8-9-15-20(18)21/h3-5,8-11,13,15,17,19,21H,1-2,6-7,12,14H2/t17-,19-,21-/m1/s1. The molecule has 2 aliphatic carbocycles. The molecule has 24 heavy (non-hydrogen) atoms. The highest BCUT2D eigenvalue weighted by Crippen LogP contribution is 2.55. The van der Waals surface area contributed by atoms with Crippen molar-refractivity contribution in [1.82, 2.24) is 0 Å². The van der Waals surface area contributed by atoms with E-state index in [0.717, 1.165) is 24.8 Å². The molecule has 2 nitrogen and oxygen atoms in total. The van der Waals surface area contributed by atoms with E-state index in [2.05, 4.69) is 12.1 Å². The van der Waals surface area contributed by atoms with Gasteiger partial charge in [0.2, 0.25) is 0 Å². The zero-order valence-electron chi connectivity index (χ0n) is 13.9. The van der Waals surface area contributed by atoms with Crippen LogP contribution in [0.3, 0.4) is 0 Å². The van der Waals surface area contributed by atoms with Crippen LogP contribution in [0, 0.1) is 5.92 Å². The topological polar surface area (TPSA) is 34.1 Å². The SMILES string of the molecule is O=S(=O)(c1ccccc1)[C@H]1c2ccccc2[C@H]2CCCCCC[C@H]21. The highest BCUT2D eigenvalue weighted by atomic mass is 32.2. The lowest BCUT2D eigenvalue weighted by atomic mass is 9.82. The highest BCUT2D eigenvalue weighted by Gasteiger charge is 2.47. The second kappa shape index (κ2) is 6.36. The molecule has 2 aromatic carbocycles. The smallest absolute Gasteiger partial charge is 0.185 e. The zero-order valence-corrected chi connectivity index (χ0v) is 14.7. The highest BCUT2D eigenvalue weighted by molar-refractivity contribution is 7.91. The fourth-order valence-electron chi connectivity index (χ4n) is 4.75. The monoisotopic (exact) mass is 340 g/mol. The fraction of sp³-hybridized carbons (Fsp3) is 0.429. The molecule has 2 aliphatic rings. The summed E-state index contributed by atoms with van der Waals surface area (Å²) >= 11 is 0. The Morgan fingerprint density at radius 3 is 2.08 bits per heavy atom. The minimum Gasteiger partial charge on any atom is -0.223 e. The predicted octanol–water partition coefficient (Wildman–Crippen LogP) is 5.27. The maximum absolute atomic E-state index is 13.5. The van der Waals surface area contributed by atoms with Crippen molar-refractivity contribution in [3.8, 4) is 0 Å². The average molecular weight is 340 g/mol. The molecule has 3 atom stereocenters. The van der Waals surface area contributed by atoms with E-state index in [1.54, 1.807) is 12.1 Å². The number of rotatable bonds is 2. The Kier molecular flexibility index (Phi) is 4.21. The van der Waals surface area contributed by atoms with E-state index in [1.807, 2.05) is 30.3 Å². The molecular weight excluding hydrogens is 316 g/mol. The van der Waals surface area contributed by atoms with Gasteiger partial charge in [-0.25, -0.2) is 8.42 Å². The van der Waals surface area contributed by atoms with Crippen LogP contribution in [0.5, 0.6) is 0 Å². The van der Waals surface area contributed by atoms with Gasteiger partial charge in [-0.2, -0.15) is 0 Å². The lowest BCUT2D eigenvalue weighted by Gasteiger charge is -2.27. The van der Waals surface area contributed by atoms with Gasteiger partial charge in [0.25, 0.3) is 0 Å². The first kappa shape index (κ1) is 15.9. The minimum absolute atomic E-state index is 0.230. The van der Waals surface area contributed by atoms with Crippen LogP contribution in [0.2, 0.25) is 0 Å². The molecule has 0 bridgehead atoms. The third-order valence-corrected chi connectivity index (χ3v) is 8.02. The fourth-order valence-corrected chi connectivity index (χ4v) is 6.92. The zero-order chi connectivity index (χ0) is 16.6. The summed E-state index contributed by atoms with van der Waals surface area (Å²) in [6, 6.07) is 17.3. The van der Waals surface area contributed by atoms with Gasteiger partial charge < -0.3 is 0 Å². The normalized spacial score (nSPS) is 26.9. The van der Waals surface area contributed by atoms with Gasteiger partial charge in [0.05, 0.1) is 10.1 Å². The molecule has 0 amide bonds. The van der Waals surface area contributed by atoms with Crippen molar-refractivity contribution in [3.63, 3.8) is 0 Å². The first-order valence-corrected chi connectivity index (χ1v) is 10.6. The molecule has 0 saturated heterocycles. The molecule has 0 aromatic heterocycles. The Labute approximate surface area is 144 Å². The molecule has 0 N–H and O–H groups in total. The van der Waals surface area contributed by atoms with E-state index < -0.39 is 9.84 Å². The lowest BCUT2D eigenvalue weighted by molar-refractivity contribution is 0.342. The second-order valence-corrected chi connectivity index (χ2v) is 9.24. The summed E-state index contributed by atoms with van der Waals surface area (Å²) in [5.74, 6) is 0.637. The van der Waals surface area contributed by atoms with Crippen molar-refractivity contribution in [1.29, 1.82) is 0 Å². The third kappa shape index (κ3) is 2.59. The Hall–Kier alpha value is -1.61. The Balaban J connectivity index is 1.84. The van der Waals surface area contributed by atoms with E-state index in [9.17, 15) is 8.42 Å². The number of hydrogen-bond donors (Lipinski definition) is 0. The largest absolute Gasteiger partial charge is 0.223 e. The number of fused-ring (bicyclic) bond motifs is 3. The maximum Gasteiger partial charge on any atom is 0.185 e. The molecule has 0 heterocycles. The van der Waals surface area contributed by atoms with E-state index in [4.69, 9.17) is 0 Å². The van der Waals surface area contributed by atoms with Crippen LogP contribution in [-0.4, -0.2) is 8.42 Å². The van der Waals surface area contributed by atoms with Gasteiger partial charge in [-0.1, -0.05) is 68.1 Å². The molecule has 0 radical (unpaired) electrons. The van der Waals surface area contributed by atoms with E-state index in [-0.39, 0.29) is 11.2 Å². The van der Waals surface area contributed by atoms with Crippen LogP contribution >= 0.6 is 0 Å². The Bertz CT molecular complexity index is 811. The van der Waals surface area contributed by atoms with Crippen molar-refractivity contribution < 1.29 is 8.42 Å². The number of benzene rings is 2. The summed E-state index contributed by atoms with van der Waals surface area (Å²) in [7, 11) is -3.35. The van der Waals surface area contributed by atoms with Gasteiger partial charge in [0.1, 0.15) is 0 Å². The maximum atomic E-state index is 13.5. The van der Waals surface area contributed by atoms with Crippen LogP contribution in [0.4, 0.5) is 0 Å². The molecule has 0 unspecified atom stereocenters. The van der Waals surface area contributed by atoms with Gasteiger partial charge in [-0.3, -0.25) is 0 Å². The van der Waals surface area contributed by atoms with Gasteiger partial charge in [0.15, 0.2) is 9.84 Å². The first-order valence-electron chi connectivity index (χ1n) is 9.07. The third-order valence-electron chi connectivity index (χ3n) is 5.82. The summed E-state index contributed by atoms with van der Waals surface area (Å²) in [6.07, 6.45) is 7.03. The molecule has 0 aliphatic heterocycles. The van der Waals surface area contributed by atoms with Gasteiger partial charge in [0, 0.05) is 0 Å². The molecule has 3 heteroatoms. The van der Waals surface area contributed by atoms with Crippen LogP contribution in [0.25, 0.3) is 0 Å². The molecule has 4 rings (SSSR count). The summed E-state index contributed by atoms with van der Waals surface area (Å²) in [5.41, 5.74) is 2.34. The van der Waals surface area contributed by atoms with Crippen molar-refractivity contribution in [2.24, 2.45) is 5.92 Å².